The number of carbonyl (C=O) groups excluding carboxylic acids is 1. The third-order valence-corrected chi connectivity index (χ3v) is 7.18. The lowest BCUT2D eigenvalue weighted by Crippen LogP contribution is -2.25. The predicted molar refractivity (Wildman–Crippen MR) is 116 cm³/mol. The Kier molecular flexibility index (Phi) is 6.12. The largest absolute Gasteiger partial charge is 0.371 e. The zero-order valence-electron chi connectivity index (χ0n) is 16.2. The minimum Gasteiger partial charge on any atom is -0.371 e. The van der Waals surface area contributed by atoms with Crippen LogP contribution >= 0.6 is 15.9 Å². The highest BCUT2D eigenvalue weighted by Gasteiger charge is 2.24. The van der Waals surface area contributed by atoms with Crippen molar-refractivity contribution >= 4 is 43.2 Å². The van der Waals surface area contributed by atoms with Crippen LogP contribution in [0.5, 0.6) is 0 Å². The lowest BCUT2D eigenvalue weighted by atomic mass is 10.1. The van der Waals surface area contributed by atoms with Crippen molar-refractivity contribution in [2.75, 3.05) is 37.4 Å². The first-order valence-electron chi connectivity index (χ1n) is 9.09. The molecule has 1 saturated heterocycles. The molecule has 1 fully saturated rings. The van der Waals surface area contributed by atoms with Crippen LogP contribution in [0.1, 0.15) is 28.8 Å². The van der Waals surface area contributed by atoms with E-state index in [1.54, 1.807) is 12.1 Å². The second kappa shape index (κ2) is 8.23. The molecule has 1 aliphatic heterocycles. The first-order valence-corrected chi connectivity index (χ1v) is 11.3. The SMILES string of the molecule is Cc1cc(Br)ccc1NC(=O)c1cc(S(=O)(=O)N(C)C)ccc1N1CCCC1. The molecular formula is C20H24BrN3O3S. The molecule has 8 heteroatoms. The van der Waals surface area contributed by atoms with Gasteiger partial charge in [-0.2, -0.15) is 0 Å². The number of halogens is 1. The zero-order valence-corrected chi connectivity index (χ0v) is 18.6. The Balaban J connectivity index is 2.03. The van der Waals surface area contributed by atoms with Crippen molar-refractivity contribution in [3.05, 3.63) is 52.0 Å². The summed E-state index contributed by atoms with van der Waals surface area (Å²) in [6.45, 7) is 3.63. The van der Waals surface area contributed by atoms with Crippen LogP contribution in [-0.2, 0) is 10.0 Å². The van der Waals surface area contributed by atoms with Crippen molar-refractivity contribution in [3.8, 4) is 0 Å². The van der Waals surface area contributed by atoms with Gasteiger partial charge in [0.2, 0.25) is 10.0 Å². The fraction of sp³-hybridized carbons (Fsp3) is 0.350. The molecule has 0 aliphatic carbocycles. The number of amides is 1. The molecule has 6 nitrogen and oxygen atoms in total. The fourth-order valence-electron chi connectivity index (χ4n) is 3.26. The lowest BCUT2D eigenvalue weighted by molar-refractivity contribution is 0.102. The first-order chi connectivity index (χ1) is 13.2. The minimum absolute atomic E-state index is 0.109. The van der Waals surface area contributed by atoms with Gasteiger partial charge in [-0.25, -0.2) is 12.7 Å². The van der Waals surface area contributed by atoms with Gasteiger partial charge >= 0.3 is 0 Å². The number of hydrogen-bond acceptors (Lipinski definition) is 4. The van der Waals surface area contributed by atoms with Crippen LogP contribution < -0.4 is 10.2 Å². The Morgan fingerprint density at radius 1 is 1.11 bits per heavy atom. The van der Waals surface area contributed by atoms with Crippen LogP contribution in [0, 0.1) is 6.92 Å². The van der Waals surface area contributed by atoms with Gasteiger partial charge in [-0.05, 0) is 61.7 Å². The van der Waals surface area contributed by atoms with E-state index in [1.807, 2.05) is 25.1 Å². The van der Waals surface area contributed by atoms with Gasteiger partial charge in [0.1, 0.15) is 0 Å². The van der Waals surface area contributed by atoms with Gasteiger partial charge in [0.25, 0.3) is 5.91 Å². The molecule has 0 bridgehead atoms. The summed E-state index contributed by atoms with van der Waals surface area (Å²) in [5.74, 6) is -0.317. The molecule has 0 spiro atoms. The maximum absolute atomic E-state index is 13.1. The van der Waals surface area contributed by atoms with Crippen LogP contribution in [0.3, 0.4) is 0 Å². The van der Waals surface area contributed by atoms with Crippen LogP contribution in [0.15, 0.2) is 45.8 Å². The van der Waals surface area contributed by atoms with E-state index in [-0.39, 0.29) is 10.8 Å². The van der Waals surface area contributed by atoms with Gasteiger partial charge in [-0.3, -0.25) is 4.79 Å². The quantitative estimate of drug-likeness (QED) is 0.727. The topological polar surface area (TPSA) is 69.7 Å². The van der Waals surface area contributed by atoms with Crippen LogP contribution in [0.2, 0.25) is 0 Å². The average Bonchev–Trinajstić information content (AvgIpc) is 3.17. The number of nitrogens with one attached hydrogen (secondary N) is 1. The van der Waals surface area contributed by atoms with E-state index in [1.165, 1.54) is 20.2 Å². The molecule has 2 aromatic carbocycles. The van der Waals surface area contributed by atoms with E-state index in [4.69, 9.17) is 0 Å². The molecule has 1 amide bonds. The van der Waals surface area contributed by atoms with Gasteiger partial charge < -0.3 is 10.2 Å². The summed E-state index contributed by atoms with van der Waals surface area (Å²) in [5.41, 5.74) is 2.75. The summed E-state index contributed by atoms with van der Waals surface area (Å²) < 4.78 is 27.2. The molecule has 0 unspecified atom stereocenters. The number of anilines is 2. The Morgan fingerprint density at radius 2 is 1.79 bits per heavy atom. The monoisotopic (exact) mass is 465 g/mol. The van der Waals surface area contributed by atoms with Crippen LogP contribution in [0.25, 0.3) is 0 Å². The van der Waals surface area contributed by atoms with Gasteiger partial charge in [-0.15, -0.1) is 0 Å². The fourth-order valence-corrected chi connectivity index (χ4v) is 4.66. The third-order valence-electron chi connectivity index (χ3n) is 4.87. The van der Waals surface area contributed by atoms with Gasteiger partial charge in [-0.1, -0.05) is 15.9 Å². The van der Waals surface area contributed by atoms with Crippen LogP contribution in [-0.4, -0.2) is 45.8 Å². The maximum Gasteiger partial charge on any atom is 0.257 e. The summed E-state index contributed by atoms with van der Waals surface area (Å²) in [4.78, 5) is 15.4. The minimum atomic E-state index is -3.63. The highest BCUT2D eigenvalue weighted by atomic mass is 79.9. The molecule has 3 rings (SSSR count). The molecule has 1 heterocycles. The lowest BCUT2D eigenvalue weighted by Gasteiger charge is -2.22. The van der Waals surface area contributed by atoms with Crippen LogP contribution in [0.4, 0.5) is 11.4 Å². The van der Waals surface area contributed by atoms with E-state index in [2.05, 4.69) is 26.1 Å². The van der Waals surface area contributed by atoms with Crippen molar-refractivity contribution in [2.24, 2.45) is 0 Å². The molecule has 0 atom stereocenters. The maximum atomic E-state index is 13.1. The predicted octanol–water partition coefficient (Wildman–Crippen LogP) is 3.86. The summed E-state index contributed by atoms with van der Waals surface area (Å²) in [5, 5.41) is 2.93. The molecular weight excluding hydrogens is 442 g/mol. The summed E-state index contributed by atoms with van der Waals surface area (Å²) >= 11 is 3.42. The van der Waals surface area contributed by atoms with E-state index in [9.17, 15) is 13.2 Å². The molecule has 0 radical (unpaired) electrons. The number of hydrogen-bond donors (Lipinski definition) is 1. The molecule has 1 N–H and O–H groups in total. The molecule has 0 aromatic heterocycles. The van der Waals surface area contributed by atoms with Crippen molar-refractivity contribution in [1.29, 1.82) is 0 Å². The van der Waals surface area contributed by atoms with Gasteiger partial charge in [0, 0.05) is 43.0 Å². The number of carbonyl (C=O) groups is 1. The number of sulfonamides is 1. The molecule has 1 aliphatic rings. The second-order valence-electron chi connectivity index (χ2n) is 7.07. The average molecular weight is 466 g/mol. The molecule has 0 saturated carbocycles. The Hall–Kier alpha value is -1.90. The van der Waals surface area contributed by atoms with E-state index >= 15 is 0 Å². The number of rotatable bonds is 5. The Bertz CT molecular complexity index is 1000. The normalized spacial score (nSPS) is 14.5. The zero-order chi connectivity index (χ0) is 20.5. The van der Waals surface area contributed by atoms with E-state index < -0.39 is 10.0 Å². The van der Waals surface area contributed by atoms with Crippen molar-refractivity contribution in [2.45, 2.75) is 24.7 Å². The highest BCUT2D eigenvalue weighted by molar-refractivity contribution is 9.10. The number of benzene rings is 2. The molecule has 2 aromatic rings. The smallest absolute Gasteiger partial charge is 0.257 e. The third kappa shape index (κ3) is 4.24. The summed E-state index contributed by atoms with van der Waals surface area (Å²) in [7, 11) is -0.670. The number of aryl methyl sites for hydroxylation is 1. The Labute approximate surface area is 174 Å². The molecule has 28 heavy (non-hydrogen) atoms. The van der Waals surface area contributed by atoms with Gasteiger partial charge in [0.05, 0.1) is 10.5 Å². The van der Waals surface area contributed by atoms with Gasteiger partial charge in [0.15, 0.2) is 0 Å². The van der Waals surface area contributed by atoms with E-state index in [0.717, 1.165) is 46.0 Å². The first kappa shape index (κ1) is 20.8. The summed E-state index contributed by atoms with van der Waals surface area (Å²) in [6, 6.07) is 10.4. The summed E-state index contributed by atoms with van der Waals surface area (Å²) in [6.07, 6.45) is 2.12. The van der Waals surface area contributed by atoms with E-state index in [0.29, 0.717) is 11.3 Å². The second-order valence-corrected chi connectivity index (χ2v) is 10.1. The number of nitrogens with zero attached hydrogens (tertiary/aromatic N) is 2. The Morgan fingerprint density at radius 3 is 2.39 bits per heavy atom. The van der Waals surface area contributed by atoms with Crippen molar-refractivity contribution in [3.63, 3.8) is 0 Å². The highest BCUT2D eigenvalue weighted by Crippen LogP contribution is 2.29. The molecule has 150 valence electrons. The standard InChI is InChI=1S/C20H24BrN3O3S/c1-14-12-15(21)6-8-18(14)22-20(25)17-13-16(28(26,27)23(2)3)7-9-19(17)24-10-4-5-11-24/h6-9,12-13H,4-5,10-11H2,1-3H3,(H,22,25). The van der Waals surface area contributed by atoms with Crippen molar-refractivity contribution in [1.82, 2.24) is 4.31 Å². The van der Waals surface area contributed by atoms with Crippen molar-refractivity contribution < 1.29 is 13.2 Å².